The van der Waals surface area contributed by atoms with E-state index in [1.165, 1.54) is 24.3 Å². The Hall–Kier alpha value is -2.27. The molecule has 3 aromatic rings. The molecule has 164 valence electrons. The maximum atomic E-state index is 14.7. The number of sulfonamides is 1. The predicted molar refractivity (Wildman–Crippen MR) is 114 cm³/mol. The molecule has 0 saturated heterocycles. The summed E-state index contributed by atoms with van der Waals surface area (Å²) in [6, 6.07) is 8.42. The van der Waals surface area contributed by atoms with Crippen molar-refractivity contribution in [2.24, 2.45) is 0 Å². The number of hydrogen-bond acceptors (Lipinski definition) is 5. The molecule has 31 heavy (non-hydrogen) atoms. The highest BCUT2D eigenvalue weighted by Gasteiger charge is 2.34. The Kier molecular flexibility index (Phi) is 6.56. The van der Waals surface area contributed by atoms with Gasteiger partial charge in [-0.05, 0) is 53.8 Å². The SMILES string of the molecule is CS(=O)(=O)[N-]c1cc(C(c2cc(F)ccc2F)S(=O)(=O)c2ccc(Cl)cc2)c(Cl)cn1. The van der Waals surface area contributed by atoms with Crippen LogP contribution >= 0.6 is 23.2 Å². The molecule has 1 aromatic heterocycles. The molecule has 0 amide bonds. The maximum Gasteiger partial charge on any atom is 0.189 e. The van der Waals surface area contributed by atoms with Crippen molar-refractivity contribution >= 4 is 48.9 Å². The molecular weight excluding hydrogens is 493 g/mol. The molecule has 3 rings (SSSR count). The molecule has 0 saturated carbocycles. The molecule has 1 unspecified atom stereocenters. The summed E-state index contributed by atoms with van der Waals surface area (Å²) in [7, 11) is -8.30. The second kappa shape index (κ2) is 8.70. The third kappa shape index (κ3) is 5.32. The van der Waals surface area contributed by atoms with E-state index in [0.29, 0.717) is 0 Å². The third-order valence-corrected chi connectivity index (χ3v) is 7.25. The van der Waals surface area contributed by atoms with Crippen molar-refractivity contribution in [3.63, 3.8) is 0 Å². The number of benzene rings is 2. The van der Waals surface area contributed by atoms with Crippen LogP contribution in [0.25, 0.3) is 4.72 Å². The third-order valence-electron chi connectivity index (χ3n) is 4.11. The summed E-state index contributed by atoms with van der Waals surface area (Å²) in [5, 5.41) is -1.77. The van der Waals surface area contributed by atoms with Crippen molar-refractivity contribution in [2.75, 3.05) is 6.26 Å². The van der Waals surface area contributed by atoms with Gasteiger partial charge in [0.2, 0.25) is 0 Å². The van der Waals surface area contributed by atoms with E-state index in [9.17, 15) is 25.6 Å². The van der Waals surface area contributed by atoms with Gasteiger partial charge in [-0.1, -0.05) is 35.5 Å². The lowest BCUT2D eigenvalue weighted by atomic mass is 10.0. The molecule has 1 atom stereocenters. The van der Waals surface area contributed by atoms with Crippen LogP contribution in [-0.4, -0.2) is 28.1 Å². The maximum absolute atomic E-state index is 14.7. The van der Waals surface area contributed by atoms with Gasteiger partial charge in [-0.2, -0.15) is 0 Å². The molecular formula is C19H13Cl2F2N2O4S2-. The van der Waals surface area contributed by atoms with Gasteiger partial charge in [0.25, 0.3) is 0 Å². The lowest BCUT2D eigenvalue weighted by molar-refractivity contribution is 0.569. The Morgan fingerprint density at radius 3 is 2.19 bits per heavy atom. The van der Waals surface area contributed by atoms with Gasteiger partial charge in [-0.3, -0.25) is 0 Å². The van der Waals surface area contributed by atoms with Gasteiger partial charge in [0, 0.05) is 21.9 Å². The zero-order valence-corrected chi connectivity index (χ0v) is 18.8. The van der Waals surface area contributed by atoms with Gasteiger partial charge in [0.15, 0.2) is 19.9 Å². The molecule has 0 bridgehead atoms. The van der Waals surface area contributed by atoms with E-state index >= 15 is 0 Å². The van der Waals surface area contributed by atoms with E-state index in [1.54, 1.807) is 0 Å². The van der Waals surface area contributed by atoms with Gasteiger partial charge >= 0.3 is 0 Å². The van der Waals surface area contributed by atoms with E-state index in [1.807, 2.05) is 0 Å². The second-order valence-electron chi connectivity index (χ2n) is 6.43. The summed E-state index contributed by atoms with van der Waals surface area (Å²) in [6.07, 6.45) is 1.81. The van der Waals surface area contributed by atoms with Crippen molar-refractivity contribution in [3.05, 3.63) is 92.3 Å². The Morgan fingerprint density at radius 1 is 0.935 bits per heavy atom. The number of sulfone groups is 1. The van der Waals surface area contributed by atoms with Crippen LogP contribution in [0.2, 0.25) is 10.0 Å². The van der Waals surface area contributed by atoms with E-state index in [4.69, 9.17) is 23.2 Å². The summed E-state index contributed by atoms with van der Waals surface area (Å²) in [6.45, 7) is 0. The smallest absolute Gasteiger partial charge is 0.189 e. The second-order valence-corrected chi connectivity index (χ2v) is 11.0. The fourth-order valence-corrected chi connectivity index (χ4v) is 5.52. The quantitative estimate of drug-likeness (QED) is 0.458. The number of pyridine rings is 1. The summed E-state index contributed by atoms with van der Waals surface area (Å²) < 4.78 is 82.0. The lowest BCUT2D eigenvalue weighted by Crippen LogP contribution is -2.17. The van der Waals surface area contributed by atoms with Crippen LogP contribution in [-0.2, 0) is 19.9 Å². The monoisotopic (exact) mass is 505 g/mol. The normalized spacial score (nSPS) is 13.1. The first kappa shape index (κ1) is 23.4. The number of nitrogens with zero attached hydrogens (tertiary/aromatic N) is 2. The molecule has 6 nitrogen and oxygen atoms in total. The van der Waals surface area contributed by atoms with Gasteiger partial charge in [0.05, 0.1) is 4.90 Å². The van der Waals surface area contributed by atoms with Crippen molar-refractivity contribution in [1.29, 1.82) is 0 Å². The molecule has 2 aromatic carbocycles. The number of aromatic nitrogens is 1. The highest BCUT2D eigenvalue weighted by molar-refractivity contribution is 7.93. The average Bonchev–Trinajstić information content (AvgIpc) is 2.66. The molecule has 0 radical (unpaired) electrons. The number of rotatable bonds is 6. The molecule has 0 N–H and O–H groups in total. The minimum absolute atomic E-state index is 0.210. The van der Waals surface area contributed by atoms with E-state index in [0.717, 1.165) is 36.7 Å². The van der Waals surface area contributed by atoms with Crippen LogP contribution in [0.1, 0.15) is 16.4 Å². The zero-order chi connectivity index (χ0) is 23.0. The molecule has 12 heteroatoms. The van der Waals surface area contributed by atoms with Crippen molar-refractivity contribution in [3.8, 4) is 0 Å². The first-order chi connectivity index (χ1) is 14.4. The first-order valence-electron chi connectivity index (χ1n) is 8.41. The fourth-order valence-electron chi connectivity index (χ4n) is 2.84. The summed E-state index contributed by atoms with van der Waals surface area (Å²) in [5.41, 5.74) is -0.744. The Morgan fingerprint density at radius 2 is 1.58 bits per heavy atom. The van der Waals surface area contributed by atoms with E-state index in [2.05, 4.69) is 9.71 Å². The van der Waals surface area contributed by atoms with E-state index in [-0.39, 0.29) is 26.3 Å². The zero-order valence-electron chi connectivity index (χ0n) is 15.6. The van der Waals surface area contributed by atoms with Crippen LogP contribution < -0.4 is 0 Å². The Balaban J connectivity index is 2.31. The summed E-state index contributed by atoms with van der Waals surface area (Å²) in [5.74, 6) is -2.24. The van der Waals surface area contributed by atoms with Crippen molar-refractivity contribution in [1.82, 2.24) is 4.98 Å². The van der Waals surface area contributed by atoms with Crippen LogP contribution in [0.5, 0.6) is 0 Å². The Bertz CT molecular complexity index is 1350. The van der Waals surface area contributed by atoms with Crippen LogP contribution in [0, 0.1) is 11.6 Å². The van der Waals surface area contributed by atoms with Gasteiger partial charge in [-0.15, -0.1) is 0 Å². The molecule has 0 spiro atoms. The van der Waals surface area contributed by atoms with Gasteiger partial charge in [0.1, 0.15) is 16.9 Å². The molecule has 0 aliphatic heterocycles. The van der Waals surface area contributed by atoms with Crippen molar-refractivity contribution < 1.29 is 25.6 Å². The molecule has 1 heterocycles. The lowest BCUT2D eigenvalue weighted by Gasteiger charge is -2.23. The van der Waals surface area contributed by atoms with Gasteiger partial charge < -0.3 is 9.71 Å². The number of halogens is 4. The molecule has 0 fully saturated rings. The number of hydrogen-bond donors (Lipinski definition) is 0. The largest absolute Gasteiger partial charge is 0.441 e. The highest BCUT2D eigenvalue weighted by atomic mass is 35.5. The average molecular weight is 506 g/mol. The van der Waals surface area contributed by atoms with E-state index < -0.39 is 42.3 Å². The highest BCUT2D eigenvalue weighted by Crippen LogP contribution is 2.41. The summed E-state index contributed by atoms with van der Waals surface area (Å²) >= 11 is 12.0. The van der Waals surface area contributed by atoms with Crippen LogP contribution in [0.15, 0.2) is 59.6 Å². The Labute approximate surface area is 187 Å². The van der Waals surface area contributed by atoms with Crippen LogP contribution in [0.3, 0.4) is 0 Å². The summed E-state index contributed by atoms with van der Waals surface area (Å²) in [4.78, 5) is 3.51. The minimum atomic E-state index is -4.41. The first-order valence-corrected chi connectivity index (χ1v) is 12.6. The molecule has 0 aliphatic carbocycles. The predicted octanol–water partition coefficient (Wildman–Crippen LogP) is 5.19. The fraction of sp³-hybridized carbons (Fsp3) is 0.105. The topological polar surface area (TPSA) is 95.3 Å². The standard InChI is InChI=1S/C19H13Cl2F2N2O4S2/c1-30(26,27)25-18-9-14(16(21)10-24-18)19(15-8-12(22)4-7-17(15)23)31(28,29)13-5-2-11(20)3-6-13/h2-10,19H,1H3/q-1. The van der Waals surface area contributed by atoms with Gasteiger partial charge in [-0.25, -0.2) is 25.6 Å². The molecule has 0 aliphatic rings. The van der Waals surface area contributed by atoms with Crippen LogP contribution in [0.4, 0.5) is 14.6 Å². The van der Waals surface area contributed by atoms with Crippen molar-refractivity contribution in [2.45, 2.75) is 10.1 Å². The minimum Gasteiger partial charge on any atom is -0.441 e.